The smallest absolute Gasteiger partial charge is 0.158 e. The van der Waals surface area contributed by atoms with Gasteiger partial charge in [-0.2, -0.15) is 0 Å². The van der Waals surface area contributed by atoms with Crippen LogP contribution in [0.15, 0.2) is 67.0 Å². The minimum atomic E-state index is 0.153. The molecule has 3 aliphatic rings. The molecule has 8 heteroatoms. The SMILES string of the molecule is c1ccc([C@H]2CCON2c2cc(Nc3ccc(N4CCN(C5COC5)CC4)cc3)ncn2)cc1. The lowest BCUT2D eigenvalue weighted by Gasteiger charge is -2.43. The summed E-state index contributed by atoms with van der Waals surface area (Å²) in [5, 5.41) is 5.32. The third-order valence-corrected chi connectivity index (χ3v) is 6.92. The fourth-order valence-electron chi connectivity index (χ4n) is 4.89. The maximum Gasteiger partial charge on any atom is 0.158 e. The molecule has 3 saturated heterocycles. The summed E-state index contributed by atoms with van der Waals surface area (Å²) in [7, 11) is 0. The standard InChI is InChI=1S/C26H30N6O2/c1-2-4-20(5-3-1)24-10-15-34-32(24)26-16-25(27-19-28-26)29-21-6-8-22(9-7-21)30-11-13-31(14-12-30)23-17-33-18-23/h1-9,16,19,23-24H,10-15,17-18H2,(H,27,28,29)/t24-/m1/s1. The maximum atomic E-state index is 5.93. The number of hydroxylamine groups is 1. The summed E-state index contributed by atoms with van der Waals surface area (Å²) in [5.41, 5.74) is 3.49. The molecule has 1 atom stereocenters. The number of aromatic nitrogens is 2. The van der Waals surface area contributed by atoms with E-state index in [1.165, 1.54) is 11.3 Å². The third-order valence-electron chi connectivity index (χ3n) is 6.92. The van der Waals surface area contributed by atoms with Crippen LogP contribution < -0.4 is 15.3 Å². The van der Waals surface area contributed by atoms with Gasteiger partial charge in [0.1, 0.15) is 12.1 Å². The number of ether oxygens (including phenoxy) is 1. The van der Waals surface area contributed by atoms with Gasteiger partial charge in [-0.1, -0.05) is 30.3 Å². The van der Waals surface area contributed by atoms with E-state index in [4.69, 9.17) is 9.57 Å². The van der Waals surface area contributed by atoms with E-state index in [0.29, 0.717) is 12.6 Å². The van der Waals surface area contributed by atoms with Crippen LogP contribution in [0.3, 0.4) is 0 Å². The molecule has 3 aromatic rings. The quantitative estimate of drug-likeness (QED) is 0.601. The van der Waals surface area contributed by atoms with Gasteiger partial charge in [-0.15, -0.1) is 0 Å². The molecule has 4 heterocycles. The molecule has 2 aromatic carbocycles. The van der Waals surface area contributed by atoms with Crippen LogP contribution in [-0.2, 0) is 9.57 Å². The topological polar surface area (TPSA) is 66.0 Å². The van der Waals surface area contributed by atoms with Gasteiger partial charge in [-0.25, -0.2) is 15.0 Å². The first kappa shape index (κ1) is 21.3. The lowest BCUT2D eigenvalue weighted by Crippen LogP contribution is -2.56. The van der Waals surface area contributed by atoms with E-state index in [9.17, 15) is 0 Å². The molecule has 176 valence electrons. The molecule has 1 aromatic heterocycles. The third kappa shape index (κ3) is 4.44. The summed E-state index contributed by atoms with van der Waals surface area (Å²) < 4.78 is 5.34. The highest BCUT2D eigenvalue weighted by Gasteiger charge is 2.30. The highest BCUT2D eigenvalue weighted by Crippen LogP contribution is 2.34. The van der Waals surface area contributed by atoms with Crippen molar-refractivity contribution in [3.05, 3.63) is 72.6 Å². The van der Waals surface area contributed by atoms with Crippen molar-refractivity contribution in [2.24, 2.45) is 0 Å². The molecule has 8 nitrogen and oxygen atoms in total. The zero-order valence-corrected chi connectivity index (χ0v) is 19.2. The number of hydrogen-bond donors (Lipinski definition) is 1. The van der Waals surface area contributed by atoms with Crippen molar-refractivity contribution in [1.82, 2.24) is 14.9 Å². The second-order valence-corrected chi connectivity index (χ2v) is 9.02. The summed E-state index contributed by atoms with van der Waals surface area (Å²) in [5.74, 6) is 1.51. The number of anilines is 4. The average Bonchev–Trinajstić information content (AvgIpc) is 3.35. The Morgan fingerprint density at radius 3 is 2.41 bits per heavy atom. The van der Waals surface area contributed by atoms with Gasteiger partial charge in [0.15, 0.2) is 5.82 Å². The van der Waals surface area contributed by atoms with Gasteiger partial charge in [0.25, 0.3) is 0 Å². The van der Waals surface area contributed by atoms with Gasteiger partial charge in [0.05, 0.1) is 31.9 Å². The van der Waals surface area contributed by atoms with Crippen molar-refractivity contribution in [3.8, 4) is 0 Å². The number of benzene rings is 2. The van der Waals surface area contributed by atoms with E-state index in [0.717, 1.165) is 63.1 Å². The van der Waals surface area contributed by atoms with Crippen molar-refractivity contribution in [2.75, 3.05) is 61.3 Å². The Morgan fingerprint density at radius 2 is 1.68 bits per heavy atom. The second-order valence-electron chi connectivity index (χ2n) is 9.02. The molecule has 1 N–H and O–H groups in total. The number of piperazine rings is 1. The molecule has 3 fully saturated rings. The fourth-order valence-corrected chi connectivity index (χ4v) is 4.89. The van der Waals surface area contributed by atoms with Gasteiger partial charge < -0.3 is 15.0 Å². The Balaban J connectivity index is 1.10. The van der Waals surface area contributed by atoms with Gasteiger partial charge in [0.2, 0.25) is 0 Å². The van der Waals surface area contributed by atoms with Crippen molar-refractivity contribution in [2.45, 2.75) is 18.5 Å². The average molecular weight is 459 g/mol. The zero-order valence-electron chi connectivity index (χ0n) is 19.2. The van der Waals surface area contributed by atoms with Crippen LogP contribution in [0.1, 0.15) is 18.0 Å². The van der Waals surface area contributed by atoms with Gasteiger partial charge in [-0.3, -0.25) is 9.74 Å². The van der Waals surface area contributed by atoms with E-state index in [-0.39, 0.29) is 6.04 Å². The molecule has 0 bridgehead atoms. The van der Waals surface area contributed by atoms with Crippen molar-refractivity contribution >= 4 is 23.0 Å². The first-order valence-electron chi connectivity index (χ1n) is 12.1. The number of nitrogens with one attached hydrogen (secondary N) is 1. The summed E-state index contributed by atoms with van der Waals surface area (Å²) in [6.07, 6.45) is 2.52. The summed E-state index contributed by atoms with van der Waals surface area (Å²) >= 11 is 0. The molecule has 6 rings (SSSR count). The van der Waals surface area contributed by atoms with Gasteiger partial charge in [-0.05, 0) is 29.8 Å². The van der Waals surface area contributed by atoms with Gasteiger partial charge in [0, 0.05) is 50.0 Å². The van der Waals surface area contributed by atoms with Crippen LogP contribution in [0, 0.1) is 0 Å². The largest absolute Gasteiger partial charge is 0.378 e. The minimum Gasteiger partial charge on any atom is -0.378 e. The van der Waals surface area contributed by atoms with Crippen LogP contribution >= 0.6 is 0 Å². The maximum absolute atomic E-state index is 5.93. The highest BCUT2D eigenvalue weighted by atomic mass is 16.7. The van der Waals surface area contributed by atoms with E-state index in [1.807, 2.05) is 17.2 Å². The molecular formula is C26H30N6O2. The normalized spacial score (nSPS) is 21.5. The lowest BCUT2D eigenvalue weighted by molar-refractivity contribution is -0.0660. The number of rotatable bonds is 6. The van der Waals surface area contributed by atoms with Crippen LogP contribution in [0.5, 0.6) is 0 Å². The Hall–Kier alpha value is -3.20. The van der Waals surface area contributed by atoms with Crippen LogP contribution in [-0.4, -0.2) is 66.9 Å². The number of nitrogens with zero attached hydrogens (tertiary/aromatic N) is 5. The molecule has 3 aliphatic heterocycles. The highest BCUT2D eigenvalue weighted by molar-refractivity contribution is 5.62. The Kier molecular flexibility index (Phi) is 6.01. The molecule has 0 unspecified atom stereocenters. The second kappa shape index (κ2) is 9.58. The van der Waals surface area contributed by atoms with Crippen molar-refractivity contribution in [1.29, 1.82) is 0 Å². The fraction of sp³-hybridized carbons (Fsp3) is 0.385. The van der Waals surface area contributed by atoms with Crippen LogP contribution in [0.25, 0.3) is 0 Å². The van der Waals surface area contributed by atoms with Crippen LogP contribution in [0.4, 0.5) is 23.0 Å². The summed E-state index contributed by atoms with van der Waals surface area (Å²) in [6, 6.07) is 21.7. The van der Waals surface area contributed by atoms with E-state index < -0.39 is 0 Å². The molecule has 0 aliphatic carbocycles. The van der Waals surface area contributed by atoms with E-state index in [1.54, 1.807) is 6.33 Å². The molecule has 0 radical (unpaired) electrons. The molecule has 0 spiro atoms. The summed E-state index contributed by atoms with van der Waals surface area (Å²) in [6.45, 7) is 6.76. The Morgan fingerprint density at radius 1 is 0.882 bits per heavy atom. The molecular weight excluding hydrogens is 428 g/mol. The minimum absolute atomic E-state index is 0.153. The molecule has 0 saturated carbocycles. The predicted octanol–water partition coefficient (Wildman–Crippen LogP) is 3.62. The first-order chi connectivity index (χ1) is 16.8. The lowest BCUT2D eigenvalue weighted by atomic mass is 10.0. The van der Waals surface area contributed by atoms with Crippen LogP contribution in [0.2, 0.25) is 0 Å². The van der Waals surface area contributed by atoms with E-state index >= 15 is 0 Å². The number of hydrogen-bond acceptors (Lipinski definition) is 8. The Labute approximate surface area is 200 Å². The monoisotopic (exact) mass is 458 g/mol. The molecule has 34 heavy (non-hydrogen) atoms. The Bertz CT molecular complexity index is 1080. The molecule has 0 amide bonds. The zero-order chi connectivity index (χ0) is 22.7. The van der Waals surface area contributed by atoms with Gasteiger partial charge >= 0.3 is 0 Å². The van der Waals surface area contributed by atoms with Crippen molar-refractivity contribution in [3.63, 3.8) is 0 Å². The first-order valence-corrected chi connectivity index (χ1v) is 12.1. The predicted molar refractivity (Wildman–Crippen MR) is 132 cm³/mol. The van der Waals surface area contributed by atoms with E-state index in [2.05, 4.69) is 73.6 Å². The summed E-state index contributed by atoms with van der Waals surface area (Å²) in [4.78, 5) is 19.8. The van der Waals surface area contributed by atoms with Crippen molar-refractivity contribution < 1.29 is 9.57 Å².